The second-order valence-corrected chi connectivity index (χ2v) is 6.80. The van der Waals surface area contributed by atoms with Crippen LogP contribution in [0.4, 0.5) is 4.39 Å². The summed E-state index contributed by atoms with van der Waals surface area (Å²) in [5.41, 5.74) is 0.375. The zero-order valence-corrected chi connectivity index (χ0v) is 12.4. The van der Waals surface area contributed by atoms with Crippen molar-refractivity contribution in [1.82, 2.24) is 0 Å². The molecule has 0 amide bonds. The van der Waals surface area contributed by atoms with Gasteiger partial charge in [0.25, 0.3) is 0 Å². The lowest BCUT2D eigenvalue weighted by atomic mass is 10.0. The fourth-order valence-corrected chi connectivity index (χ4v) is 3.47. The van der Waals surface area contributed by atoms with Crippen LogP contribution in [0.1, 0.15) is 29.6 Å². The van der Waals surface area contributed by atoms with E-state index in [-0.39, 0.29) is 5.82 Å². The molecule has 1 atom stereocenters. The van der Waals surface area contributed by atoms with Gasteiger partial charge in [0.1, 0.15) is 5.82 Å². The number of hydrogen-bond acceptors (Lipinski definition) is 1. The van der Waals surface area contributed by atoms with E-state index in [9.17, 15) is 18.7 Å². The maximum absolute atomic E-state index is 13.5. The van der Waals surface area contributed by atoms with Crippen molar-refractivity contribution >= 4 is 7.60 Å². The average Bonchev–Trinajstić information content (AvgIpc) is 2.45. The summed E-state index contributed by atoms with van der Waals surface area (Å²) in [6.07, 6.45) is 1.31. The molecule has 0 bridgehead atoms. The predicted molar refractivity (Wildman–Crippen MR) is 80.6 cm³/mol. The molecule has 112 valence electrons. The fraction of sp³-hybridized carbons (Fsp3) is 0.250. The summed E-state index contributed by atoms with van der Waals surface area (Å²) in [5.74, 6) is -0.273. The SMILES string of the molecule is O=P(O)(O)C(CCCc1ccccc1F)c1ccccc1. The summed E-state index contributed by atoms with van der Waals surface area (Å²) in [6.45, 7) is 0. The minimum absolute atomic E-state index is 0.273. The smallest absolute Gasteiger partial charge is 0.324 e. The molecule has 0 saturated heterocycles. The molecule has 0 heterocycles. The molecule has 2 N–H and O–H groups in total. The topological polar surface area (TPSA) is 57.5 Å². The third-order valence-corrected chi connectivity index (χ3v) is 4.84. The van der Waals surface area contributed by atoms with E-state index >= 15 is 0 Å². The highest BCUT2D eigenvalue weighted by Gasteiger charge is 2.29. The van der Waals surface area contributed by atoms with Gasteiger partial charge in [-0.2, -0.15) is 0 Å². The van der Waals surface area contributed by atoms with Crippen LogP contribution in [-0.2, 0) is 11.0 Å². The van der Waals surface area contributed by atoms with E-state index in [0.717, 1.165) is 0 Å². The zero-order chi connectivity index (χ0) is 15.3. The van der Waals surface area contributed by atoms with Crippen molar-refractivity contribution in [3.8, 4) is 0 Å². The molecule has 5 heteroatoms. The predicted octanol–water partition coefficient (Wildman–Crippen LogP) is 4.07. The Morgan fingerprint density at radius 1 is 1.00 bits per heavy atom. The van der Waals surface area contributed by atoms with Gasteiger partial charge >= 0.3 is 7.60 Å². The van der Waals surface area contributed by atoms with Gasteiger partial charge in [0, 0.05) is 0 Å². The highest BCUT2D eigenvalue weighted by molar-refractivity contribution is 7.52. The van der Waals surface area contributed by atoms with E-state index in [1.165, 1.54) is 6.07 Å². The van der Waals surface area contributed by atoms with Crippen molar-refractivity contribution in [1.29, 1.82) is 0 Å². The normalized spacial score (nSPS) is 13.1. The quantitative estimate of drug-likeness (QED) is 0.791. The van der Waals surface area contributed by atoms with Crippen LogP contribution in [0.5, 0.6) is 0 Å². The Balaban J connectivity index is 2.04. The molecular weight excluding hydrogens is 290 g/mol. The minimum Gasteiger partial charge on any atom is -0.324 e. The molecule has 2 rings (SSSR count). The molecule has 0 aliphatic carbocycles. The maximum atomic E-state index is 13.5. The summed E-state index contributed by atoms with van der Waals surface area (Å²) in [6, 6.07) is 15.2. The first-order valence-electron chi connectivity index (χ1n) is 6.82. The van der Waals surface area contributed by atoms with Gasteiger partial charge in [0.2, 0.25) is 0 Å². The zero-order valence-electron chi connectivity index (χ0n) is 11.5. The van der Waals surface area contributed by atoms with Gasteiger partial charge in [-0.1, -0.05) is 48.5 Å². The van der Waals surface area contributed by atoms with Crippen molar-refractivity contribution in [2.24, 2.45) is 0 Å². The second-order valence-electron chi connectivity index (χ2n) is 5.00. The van der Waals surface area contributed by atoms with Crippen molar-refractivity contribution in [3.63, 3.8) is 0 Å². The Bertz CT molecular complexity index is 624. The van der Waals surface area contributed by atoms with Crippen LogP contribution in [0.2, 0.25) is 0 Å². The number of benzene rings is 2. The highest BCUT2D eigenvalue weighted by Crippen LogP contribution is 2.54. The van der Waals surface area contributed by atoms with E-state index in [2.05, 4.69) is 0 Å². The lowest BCUT2D eigenvalue weighted by Crippen LogP contribution is -2.01. The van der Waals surface area contributed by atoms with Crippen LogP contribution in [0, 0.1) is 5.82 Å². The van der Waals surface area contributed by atoms with Gasteiger partial charge in [-0.25, -0.2) is 4.39 Å². The Labute approximate surface area is 123 Å². The molecule has 0 saturated carbocycles. The molecule has 2 aromatic rings. The van der Waals surface area contributed by atoms with E-state index in [4.69, 9.17) is 0 Å². The Morgan fingerprint density at radius 2 is 1.62 bits per heavy atom. The minimum atomic E-state index is -4.22. The highest BCUT2D eigenvalue weighted by atomic mass is 31.2. The standard InChI is InChI=1S/C16H18FO3P/c17-15-11-5-4-7-13(15)10-6-12-16(21(18,19)20)14-8-2-1-3-9-14/h1-5,7-9,11,16H,6,10,12H2,(H2,18,19,20). The van der Waals surface area contributed by atoms with E-state index in [0.29, 0.717) is 30.4 Å². The molecule has 0 radical (unpaired) electrons. The molecule has 0 aromatic heterocycles. The van der Waals surface area contributed by atoms with Gasteiger partial charge in [-0.05, 0) is 36.5 Å². The number of halogens is 1. The largest absolute Gasteiger partial charge is 0.332 e. The summed E-state index contributed by atoms with van der Waals surface area (Å²) in [4.78, 5) is 19.0. The Hall–Kier alpha value is -1.48. The average molecular weight is 308 g/mol. The van der Waals surface area contributed by atoms with E-state index in [1.807, 2.05) is 0 Å². The van der Waals surface area contributed by atoms with E-state index < -0.39 is 13.3 Å². The Morgan fingerprint density at radius 3 is 2.24 bits per heavy atom. The number of hydrogen-bond donors (Lipinski definition) is 2. The third kappa shape index (κ3) is 4.50. The first-order valence-corrected chi connectivity index (χ1v) is 8.50. The van der Waals surface area contributed by atoms with Gasteiger partial charge in [-0.3, -0.25) is 4.57 Å². The second kappa shape index (κ2) is 6.99. The van der Waals surface area contributed by atoms with Crippen molar-refractivity contribution in [2.75, 3.05) is 0 Å². The number of aryl methyl sites for hydroxylation is 1. The molecule has 3 nitrogen and oxygen atoms in total. The summed E-state index contributed by atoms with van der Waals surface area (Å²) < 4.78 is 25.2. The molecule has 21 heavy (non-hydrogen) atoms. The van der Waals surface area contributed by atoms with Crippen molar-refractivity contribution in [3.05, 3.63) is 71.5 Å². The first kappa shape index (κ1) is 15.9. The lowest BCUT2D eigenvalue weighted by molar-refractivity contribution is 0.354. The molecule has 1 unspecified atom stereocenters. The van der Waals surface area contributed by atoms with Crippen LogP contribution in [0.3, 0.4) is 0 Å². The molecule has 0 aliphatic rings. The molecule has 0 spiro atoms. The van der Waals surface area contributed by atoms with Gasteiger partial charge in [-0.15, -0.1) is 0 Å². The van der Waals surface area contributed by atoms with Crippen LogP contribution in [-0.4, -0.2) is 9.79 Å². The van der Waals surface area contributed by atoms with E-state index in [1.54, 1.807) is 48.5 Å². The first-order chi connectivity index (χ1) is 9.98. The van der Waals surface area contributed by atoms with Crippen LogP contribution in [0.25, 0.3) is 0 Å². The monoisotopic (exact) mass is 308 g/mol. The summed E-state index contributed by atoms with van der Waals surface area (Å²) >= 11 is 0. The van der Waals surface area contributed by atoms with Crippen LogP contribution >= 0.6 is 7.60 Å². The molecule has 2 aromatic carbocycles. The van der Waals surface area contributed by atoms with Crippen molar-refractivity contribution < 1.29 is 18.7 Å². The summed E-state index contributed by atoms with van der Waals surface area (Å²) in [7, 11) is -4.22. The Kier molecular flexibility index (Phi) is 5.29. The number of rotatable bonds is 6. The third-order valence-electron chi connectivity index (χ3n) is 3.47. The van der Waals surface area contributed by atoms with Crippen LogP contribution < -0.4 is 0 Å². The lowest BCUT2D eigenvalue weighted by Gasteiger charge is -2.18. The molecule has 0 aliphatic heterocycles. The maximum Gasteiger partial charge on any atom is 0.332 e. The van der Waals surface area contributed by atoms with Crippen molar-refractivity contribution in [2.45, 2.75) is 24.9 Å². The van der Waals surface area contributed by atoms with Gasteiger partial charge in [0.15, 0.2) is 0 Å². The van der Waals surface area contributed by atoms with Gasteiger partial charge < -0.3 is 9.79 Å². The van der Waals surface area contributed by atoms with Crippen LogP contribution in [0.15, 0.2) is 54.6 Å². The molecule has 0 fully saturated rings. The molecular formula is C16H18FO3P. The fourth-order valence-electron chi connectivity index (χ4n) is 2.39. The van der Waals surface area contributed by atoms with Gasteiger partial charge in [0.05, 0.1) is 5.66 Å². The summed E-state index contributed by atoms with van der Waals surface area (Å²) in [5, 5.41) is 0.